The molecule has 0 aromatic heterocycles. The third-order valence-corrected chi connectivity index (χ3v) is 3.15. The molecule has 1 aliphatic rings. The first-order valence-corrected chi connectivity index (χ1v) is 6.31. The van der Waals surface area contributed by atoms with Crippen LogP contribution in [0.3, 0.4) is 0 Å². The van der Waals surface area contributed by atoms with E-state index in [1.165, 1.54) is 0 Å². The number of carbonyl (C=O) groups excluding carboxylic acids is 1. The molecule has 94 valence electrons. The van der Waals surface area contributed by atoms with E-state index in [0.29, 0.717) is 0 Å². The highest BCUT2D eigenvalue weighted by Gasteiger charge is 2.35. The van der Waals surface area contributed by atoms with Gasteiger partial charge in [0.2, 0.25) is 5.91 Å². The van der Waals surface area contributed by atoms with E-state index in [-0.39, 0.29) is 18.1 Å². The molecule has 1 fully saturated rings. The second-order valence-electron chi connectivity index (χ2n) is 4.74. The van der Waals surface area contributed by atoms with E-state index < -0.39 is 0 Å². The van der Waals surface area contributed by atoms with Gasteiger partial charge < -0.3 is 9.80 Å². The molecule has 1 saturated heterocycles. The Morgan fingerprint density at radius 3 is 2.50 bits per heavy atom. The Morgan fingerprint density at radius 1 is 1.31 bits per heavy atom. The lowest BCUT2D eigenvalue weighted by Gasteiger charge is -2.23. The molecular weight excluding hydrogens is 202 g/mol. The zero-order valence-electron chi connectivity index (χ0n) is 11.0. The standard InChI is InChI=1S/C12H25N3O/c1-5-10-12(16)15(11(6-2)13-10)9-7-8-14(3)4/h10-11,13H,5-9H2,1-4H3. The van der Waals surface area contributed by atoms with Gasteiger partial charge in [0.1, 0.15) is 0 Å². The van der Waals surface area contributed by atoms with Crippen molar-refractivity contribution in [3.63, 3.8) is 0 Å². The lowest BCUT2D eigenvalue weighted by Crippen LogP contribution is -2.38. The van der Waals surface area contributed by atoms with Crippen LogP contribution < -0.4 is 5.32 Å². The number of hydrogen-bond donors (Lipinski definition) is 1. The second kappa shape index (κ2) is 6.21. The summed E-state index contributed by atoms with van der Waals surface area (Å²) in [6.45, 7) is 6.10. The van der Waals surface area contributed by atoms with Crippen LogP contribution in [0.4, 0.5) is 0 Å². The first kappa shape index (κ1) is 13.5. The zero-order valence-corrected chi connectivity index (χ0v) is 11.0. The molecule has 2 atom stereocenters. The highest BCUT2D eigenvalue weighted by molar-refractivity contribution is 5.84. The highest BCUT2D eigenvalue weighted by atomic mass is 16.2. The van der Waals surface area contributed by atoms with Gasteiger partial charge in [-0.3, -0.25) is 10.1 Å². The van der Waals surface area contributed by atoms with Crippen LogP contribution in [0.5, 0.6) is 0 Å². The number of nitrogens with one attached hydrogen (secondary N) is 1. The molecule has 4 heteroatoms. The van der Waals surface area contributed by atoms with Crippen LogP contribution in [0.1, 0.15) is 33.1 Å². The van der Waals surface area contributed by atoms with Gasteiger partial charge >= 0.3 is 0 Å². The van der Waals surface area contributed by atoms with Gasteiger partial charge in [-0.25, -0.2) is 0 Å². The lowest BCUT2D eigenvalue weighted by atomic mass is 10.2. The average molecular weight is 227 g/mol. The molecule has 0 aromatic rings. The molecule has 1 rings (SSSR count). The van der Waals surface area contributed by atoms with Crippen molar-refractivity contribution in [3.05, 3.63) is 0 Å². The lowest BCUT2D eigenvalue weighted by molar-refractivity contribution is -0.130. The van der Waals surface area contributed by atoms with Gasteiger partial charge in [-0.05, 0) is 39.9 Å². The Bertz CT molecular complexity index is 230. The van der Waals surface area contributed by atoms with E-state index in [4.69, 9.17) is 0 Å². The predicted octanol–water partition coefficient (Wildman–Crippen LogP) is 0.885. The number of nitrogens with zero attached hydrogens (tertiary/aromatic N) is 2. The third kappa shape index (κ3) is 3.19. The van der Waals surface area contributed by atoms with Crippen LogP contribution in [0.15, 0.2) is 0 Å². The van der Waals surface area contributed by atoms with Crippen LogP contribution in [-0.2, 0) is 4.79 Å². The zero-order chi connectivity index (χ0) is 12.1. The number of carbonyl (C=O) groups is 1. The van der Waals surface area contributed by atoms with Gasteiger partial charge in [-0.2, -0.15) is 0 Å². The van der Waals surface area contributed by atoms with Gasteiger partial charge in [0.15, 0.2) is 0 Å². The quantitative estimate of drug-likeness (QED) is 0.732. The van der Waals surface area contributed by atoms with Gasteiger partial charge in [-0.15, -0.1) is 0 Å². The minimum Gasteiger partial charge on any atom is -0.326 e. The summed E-state index contributed by atoms with van der Waals surface area (Å²) in [5.41, 5.74) is 0. The molecule has 16 heavy (non-hydrogen) atoms. The number of hydrogen-bond acceptors (Lipinski definition) is 3. The van der Waals surface area contributed by atoms with Gasteiger partial charge in [-0.1, -0.05) is 13.8 Å². The largest absolute Gasteiger partial charge is 0.326 e. The normalized spacial score (nSPS) is 25.8. The van der Waals surface area contributed by atoms with E-state index in [2.05, 4.69) is 38.2 Å². The summed E-state index contributed by atoms with van der Waals surface area (Å²) in [4.78, 5) is 16.2. The molecule has 0 aliphatic carbocycles. The molecule has 1 amide bonds. The first-order chi connectivity index (χ1) is 7.60. The molecular formula is C12H25N3O. The molecule has 0 saturated carbocycles. The summed E-state index contributed by atoms with van der Waals surface area (Å²) >= 11 is 0. The Kier molecular flexibility index (Phi) is 5.22. The monoisotopic (exact) mass is 227 g/mol. The summed E-state index contributed by atoms with van der Waals surface area (Å²) < 4.78 is 0. The molecule has 2 unspecified atom stereocenters. The van der Waals surface area contributed by atoms with Crippen molar-refractivity contribution in [3.8, 4) is 0 Å². The predicted molar refractivity (Wildman–Crippen MR) is 66.2 cm³/mol. The fourth-order valence-corrected chi connectivity index (χ4v) is 2.20. The fraction of sp³-hybridized carbons (Fsp3) is 0.917. The average Bonchev–Trinajstić information content (AvgIpc) is 2.55. The van der Waals surface area contributed by atoms with Crippen molar-refractivity contribution in [2.75, 3.05) is 27.2 Å². The minimum atomic E-state index is 0.0457. The van der Waals surface area contributed by atoms with Crippen molar-refractivity contribution in [2.45, 2.75) is 45.3 Å². The molecule has 0 bridgehead atoms. The summed E-state index contributed by atoms with van der Waals surface area (Å²) in [6.07, 6.45) is 3.18. The maximum absolute atomic E-state index is 12.0. The Hall–Kier alpha value is -0.610. The molecule has 0 radical (unpaired) electrons. The SMILES string of the molecule is CCC1NC(CC)N(CCCN(C)C)C1=O. The molecule has 0 aromatic carbocycles. The van der Waals surface area contributed by atoms with Crippen LogP contribution in [0, 0.1) is 0 Å². The smallest absolute Gasteiger partial charge is 0.241 e. The van der Waals surface area contributed by atoms with E-state index in [9.17, 15) is 4.79 Å². The van der Waals surface area contributed by atoms with Crippen molar-refractivity contribution < 1.29 is 4.79 Å². The fourth-order valence-electron chi connectivity index (χ4n) is 2.20. The van der Waals surface area contributed by atoms with Crippen LogP contribution in [0.25, 0.3) is 0 Å². The Morgan fingerprint density at radius 2 is 2.00 bits per heavy atom. The Labute approximate surface area is 99.0 Å². The van der Waals surface area contributed by atoms with Crippen molar-refractivity contribution in [2.24, 2.45) is 0 Å². The minimum absolute atomic E-state index is 0.0457. The van der Waals surface area contributed by atoms with Crippen molar-refractivity contribution in [1.29, 1.82) is 0 Å². The van der Waals surface area contributed by atoms with Gasteiger partial charge in [0.05, 0.1) is 12.2 Å². The van der Waals surface area contributed by atoms with Crippen LogP contribution >= 0.6 is 0 Å². The second-order valence-corrected chi connectivity index (χ2v) is 4.74. The van der Waals surface area contributed by atoms with E-state index in [1.54, 1.807) is 0 Å². The maximum Gasteiger partial charge on any atom is 0.241 e. The maximum atomic E-state index is 12.0. The van der Waals surface area contributed by atoms with Gasteiger partial charge in [0.25, 0.3) is 0 Å². The van der Waals surface area contributed by atoms with Crippen molar-refractivity contribution >= 4 is 5.91 Å². The first-order valence-electron chi connectivity index (χ1n) is 6.31. The van der Waals surface area contributed by atoms with Crippen LogP contribution in [0.2, 0.25) is 0 Å². The summed E-state index contributed by atoms with van der Waals surface area (Å²) in [5.74, 6) is 0.285. The van der Waals surface area contributed by atoms with Crippen molar-refractivity contribution in [1.82, 2.24) is 15.1 Å². The molecule has 4 nitrogen and oxygen atoms in total. The summed E-state index contributed by atoms with van der Waals surface area (Å²) in [5, 5.41) is 3.39. The van der Waals surface area contributed by atoms with E-state index in [1.807, 2.05) is 4.90 Å². The Balaban J connectivity index is 2.46. The molecule has 0 spiro atoms. The topological polar surface area (TPSA) is 35.6 Å². The third-order valence-electron chi connectivity index (χ3n) is 3.15. The van der Waals surface area contributed by atoms with E-state index >= 15 is 0 Å². The summed E-state index contributed by atoms with van der Waals surface area (Å²) in [7, 11) is 4.13. The molecule has 1 heterocycles. The van der Waals surface area contributed by atoms with E-state index in [0.717, 1.165) is 32.4 Å². The number of amides is 1. The van der Waals surface area contributed by atoms with Crippen LogP contribution in [-0.4, -0.2) is 55.1 Å². The number of rotatable bonds is 6. The molecule has 1 aliphatic heterocycles. The summed E-state index contributed by atoms with van der Waals surface area (Å²) in [6, 6.07) is 0.0457. The molecule has 1 N–H and O–H groups in total. The highest BCUT2D eigenvalue weighted by Crippen LogP contribution is 2.15. The van der Waals surface area contributed by atoms with Gasteiger partial charge in [0, 0.05) is 6.54 Å².